The Labute approximate surface area is 88.7 Å². The van der Waals surface area contributed by atoms with E-state index in [-0.39, 0.29) is 11.0 Å². The van der Waals surface area contributed by atoms with Crippen LogP contribution in [-0.4, -0.2) is 11.1 Å². The summed E-state index contributed by atoms with van der Waals surface area (Å²) in [7, 11) is 0. The first-order valence-electron chi connectivity index (χ1n) is 4.77. The Bertz CT molecular complexity index is 403. The van der Waals surface area contributed by atoms with Crippen molar-refractivity contribution in [1.29, 1.82) is 0 Å². The molecule has 0 amide bonds. The van der Waals surface area contributed by atoms with Crippen molar-refractivity contribution in [2.45, 2.75) is 33.1 Å². The molecule has 15 heavy (non-hydrogen) atoms. The quantitative estimate of drug-likeness (QED) is 0.773. The number of hydrogen-bond donors (Lipinski definition) is 1. The third-order valence-corrected chi connectivity index (χ3v) is 2.35. The second-order valence-corrected chi connectivity index (χ2v) is 4.70. The molecule has 0 radical (unpaired) electrons. The van der Waals surface area contributed by atoms with Gasteiger partial charge in [0.1, 0.15) is 5.82 Å². The Morgan fingerprint density at radius 2 is 1.87 bits per heavy atom. The van der Waals surface area contributed by atoms with E-state index in [0.717, 1.165) is 11.1 Å². The summed E-state index contributed by atoms with van der Waals surface area (Å²) in [5.41, 5.74) is 1.20. The Morgan fingerprint density at radius 1 is 1.33 bits per heavy atom. The average molecular weight is 210 g/mol. The first kappa shape index (κ1) is 11.7. The molecule has 0 fully saturated rings. The molecule has 0 heterocycles. The van der Waals surface area contributed by atoms with Gasteiger partial charge < -0.3 is 5.11 Å². The lowest BCUT2D eigenvalue weighted by molar-refractivity contribution is 0.0691. The summed E-state index contributed by atoms with van der Waals surface area (Å²) in [6, 6.07) is 2.71. The van der Waals surface area contributed by atoms with Crippen LogP contribution in [0.1, 0.15) is 42.3 Å². The molecule has 0 bridgehead atoms. The zero-order valence-corrected chi connectivity index (χ0v) is 9.39. The van der Waals surface area contributed by atoms with Crippen molar-refractivity contribution in [1.82, 2.24) is 0 Å². The third-order valence-electron chi connectivity index (χ3n) is 2.35. The number of aromatic carboxylic acids is 1. The topological polar surface area (TPSA) is 37.3 Å². The molecule has 3 heteroatoms. The van der Waals surface area contributed by atoms with E-state index in [4.69, 9.17) is 5.11 Å². The number of aryl methyl sites for hydroxylation is 1. The highest BCUT2D eigenvalue weighted by molar-refractivity contribution is 5.88. The number of carbonyl (C=O) groups is 1. The molecule has 0 aliphatic heterocycles. The number of halogens is 1. The average Bonchev–Trinajstić information content (AvgIpc) is 2.06. The summed E-state index contributed by atoms with van der Waals surface area (Å²) in [6.07, 6.45) is 0. The minimum Gasteiger partial charge on any atom is -0.478 e. The first-order chi connectivity index (χ1) is 6.73. The van der Waals surface area contributed by atoms with Gasteiger partial charge in [-0.25, -0.2) is 9.18 Å². The van der Waals surface area contributed by atoms with Gasteiger partial charge in [0.15, 0.2) is 0 Å². The summed E-state index contributed by atoms with van der Waals surface area (Å²) >= 11 is 0. The van der Waals surface area contributed by atoms with Crippen molar-refractivity contribution >= 4 is 5.97 Å². The van der Waals surface area contributed by atoms with Crippen LogP contribution in [0.5, 0.6) is 0 Å². The number of carboxylic acids is 1. The second kappa shape index (κ2) is 3.65. The Balaban J connectivity index is 3.39. The normalized spacial score (nSPS) is 11.5. The smallest absolute Gasteiger partial charge is 0.338 e. The molecule has 0 aliphatic carbocycles. The minimum atomic E-state index is -1.23. The molecule has 0 aromatic heterocycles. The van der Waals surface area contributed by atoms with E-state index >= 15 is 0 Å². The van der Waals surface area contributed by atoms with Crippen molar-refractivity contribution in [2.75, 3.05) is 0 Å². The number of benzene rings is 1. The molecule has 0 spiro atoms. The third kappa shape index (κ3) is 2.35. The summed E-state index contributed by atoms with van der Waals surface area (Å²) in [5.74, 6) is -1.89. The maximum Gasteiger partial charge on any atom is 0.338 e. The molecule has 0 aliphatic rings. The van der Waals surface area contributed by atoms with Gasteiger partial charge in [-0.1, -0.05) is 20.8 Å². The van der Waals surface area contributed by atoms with Gasteiger partial charge >= 0.3 is 5.97 Å². The molecule has 0 atom stereocenters. The maximum absolute atomic E-state index is 13.4. The van der Waals surface area contributed by atoms with Gasteiger partial charge in [-0.3, -0.25) is 0 Å². The monoisotopic (exact) mass is 210 g/mol. The molecule has 2 nitrogen and oxygen atoms in total. The van der Waals surface area contributed by atoms with E-state index in [2.05, 4.69) is 0 Å². The highest BCUT2D eigenvalue weighted by atomic mass is 19.1. The van der Waals surface area contributed by atoms with Crippen LogP contribution in [0.2, 0.25) is 0 Å². The SMILES string of the molecule is Cc1cc(C(=O)O)c(F)cc1C(C)(C)C. The molecule has 1 aromatic rings. The van der Waals surface area contributed by atoms with Crippen molar-refractivity contribution in [3.8, 4) is 0 Å². The summed E-state index contributed by atoms with van der Waals surface area (Å²) in [4.78, 5) is 10.7. The molecular weight excluding hydrogens is 195 g/mol. The van der Waals surface area contributed by atoms with E-state index in [9.17, 15) is 9.18 Å². The van der Waals surface area contributed by atoms with Crippen LogP contribution in [0.3, 0.4) is 0 Å². The highest BCUT2D eigenvalue weighted by Crippen LogP contribution is 2.27. The summed E-state index contributed by atoms with van der Waals surface area (Å²) < 4.78 is 13.4. The van der Waals surface area contributed by atoms with Crippen molar-refractivity contribution in [2.24, 2.45) is 0 Å². The Morgan fingerprint density at radius 3 is 2.27 bits per heavy atom. The molecular formula is C12H15FO2. The van der Waals surface area contributed by atoms with Gasteiger partial charge in [0, 0.05) is 0 Å². The number of carboxylic acid groups (broad SMARTS) is 1. The van der Waals surface area contributed by atoms with Gasteiger partial charge in [0.05, 0.1) is 5.56 Å². The second-order valence-electron chi connectivity index (χ2n) is 4.70. The van der Waals surface area contributed by atoms with Crippen molar-refractivity contribution in [3.05, 3.63) is 34.6 Å². The van der Waals surface area contributed by atoms with Gasteiger partial charge in [0.2, 0.25) is 0 Å². The lowest BCUT2D eigenvalue weighted by atomic mass is 9.83. The lowest BCUT2D eigenvalue weighted by Crippen LogP contribution is -2.15. The van der Waals surface area contributed by atoms with Crippen molar-refractivity contribution in [3.63, 3.8) is 0 Å². The van der Waals surface area contributed by atoms with Gasteiger partial charge in [0.25, 0.3) is 0 Å². The summed E-state index contributed by atoms with van der Waals surface area (Å²) in [5, 5.41) is 8.74. The van der Waals surface area contributed by atoms with Crippen molar-refractivity contribution < 1.29 is 14.3 Å². The van der Waals surface area contributed by atoms with E-state index in [1.54, 1.807) is 6.92 Å². The Hall–Kier alpha value is -1.38. The molecule has 0 unspecified atom stereocenters. The molecule has 1 aromatic carbocycles. The van der Waals surface area contributed by atoms with Gasteiger partial charge in [-0.05, 0) is 35.6 Å². The van der Waals surface area contributed by atoms with Gasteiger partial charge in [-0.2, -0.15) is 0 Å². The fourth-order valence-corrected chi connectivity index (χ4v) is 1.65. The molecule has 0 saturated carbocycles. The summed E-state index contributed by atoms with van der Waals surface area (Å²) in [6.45, 7) is 7.70. The van der Waals surface area contributed by atoms with Crippen LogP contribution in [0.25, 0.3) is 0 Å². The van der Waals surface area contributed by atoms with Crippen LogP contribution < -0.4 is 0 Å². The van der Waals surface area contributed by atoms with E-state index < -0.39 is 11.8 Å². The molecule has 1 rings (SSSR count). The molecule has 1 N–H and O–H groups in total. The van der Waals surface area contributed by atoms with Crippen LogP contribution in [-0.2, 0) is 5.41 Å². The molecule has 0 saturated heterocycles. The predicted molar refractivity (Wildman–Crippen MR) is 56.8 cm³/mol. The Kier molecular flexibility index (Phi) is 2.84. The van der Waals surface area contributed by atoms with Crippen LogP contribution >= 0.6 is 0 Å². The standard InChI is InChI=1S/C12H15FO2/c1-7-5-8(11(14)15)10(13)6-9(7)12(2,3)4/h5-6H,1-4H3,(H,14,15). The predicted octanol–water partition coefficient (Wildman–Crippen LogP) is 3.13. The lowest BCUT2D eigenvalue weighted by Gasteiger charge is -2.22. The fraction of sp³-hybridized carbons (Fsp3) is 0.417. The maximum atomic E-state index is 13.4. The zero-order valence-electron chi connectivity index (χ0n) is 9.39. The minimum absolute atomic E-state index is 0.179. The van der Waals surface area contributed by atoms with E-state index in [0.29, 0.717) is 0 Å². The zero-order chi connectivity index (χ0) is 11.8. The first-order valence-corrected chi connectivity index (χ1v) is 4.77. The van der Waals surface area contributed by atoms with Crippen LogP contribution in [0.15, 0.2) is 12.1 Å². The molecule has 82 valence electrons. The number of rotatable bonds is 1. The van der Waals surface area contributed by atoms with Crippen LogP contribution in [0, 0.1) is 12.7 Å². The van der Waals surface area contributed by atoms with Crippen LogP contribution in [0.4, 0.5) is 4.39 Å². The van der Waals surface area contributed by atoms with Gasteiger partial charge in [-0.15, -0.1) is 0 Å². The highest BCUT2D eigenvalue weighted by Gasteiger charge is 2.20. The fourth-order valence-electron chi connectivity index (χ4n) is 1.65. The van der Waals surface area contributed by atoms with E-state index in [1.807, 2.05) is 20.8 Å². The largest absolute Gasteiger partial charge is 0.478 e. The van der Waals surface area contributed by atoms with E-state index in [1.165, 1.54) is 12.1 Å². The number of hydrogen-bond acceptors (Lipinski definition) is 1.